The second-order valence-electron chi connectivity index (χ2n) is 4.27. The van der Waals surface area contributed by atoms with Gasteiger partial charge in [0.2, 0.25) is 0 Å². The summed E-state index contributed by atoms with van der Waals surface area (Å²) < 4.78 is 0. The number of hydrogen-bond acceptors (Lipinski definition) is 2. The molecule has 1 atom stereocenters. The molecule has 0 radical (unpaired) electrons. The van der Waals surface area contributed by atoms with Crippen molar-refractivity contribution in [3.63, 3.8) is 0 Å². The van der Waals surface area contributed by atoms with E-state index >= 15 is 0 Å². The van der Waals surface area contributed by atoms with Gasteiger partial charge in [-0.05, 0) is 38.1 Å². The van der Waals surface area contributed by atoms with E-state index in [-0.39, 0.29) is 5.92 Å². The Balaban J connectivity index is 2.34. The van der Waals surface area contributed by atoms with Crippen molar-refractivity contribution in [3.8, 4) is 0 Å². The van der Waals surface area contributed by atoms with Crippen LogP contribution in [0.25, 0.3) is 0 Å². The molecule has 14 heavy (non-hydrogen) atoms. The monoisotopic (exact) mass is 199 g/mol. The van der Waals surface area contributed by atoms with Gasteiger partial charge in [-0.15, -0.1) is 0 Å². The fraction of sp³-hybridized carbons (Fsp3) is 0.909. The summed E-state index contributed by atoms with van der Waals surface area (Å²) >= 11 is 0. The molecule has 0 aliphatic heterocycles. The van der Waals surface area contributed by atoms with Gasteiger partial charge >= 0.3 is 5.97 Å². The zero-order chi connectivity index (χ0) is 10.4. The van der Waals surface area contributed by atoms with Crippen LogP contribution in [0.5, 0.6) is 0 Å². The Hall–Kier alpha value is -0.570. The highest BCUT2D eigenvalue weighted by molar-refractivity contribution is 5.70. The van der Waals surface area contributed by atoms with E-state index < -0.39 is 5.97 Å². The summed E-state index contributed by atoms with van der Waals surface area (Å²) in [5.74, 6) is -0.275. The molecule has 3 nitrogen and oxygen atoms in total. The van der Waals surface area contributed by atoms with E-state index in [0.717, 1.165) is 32.1 Å². The molecule has 1 unspecified atom stereocenters. The molecule has 1 saturated carbocycles. The molecule has 1 aliphatic rings. The van der Waals surface area contributed by atoms with Gasteiger partial charge in [0, 0.05) is 0 Å². The van der Waals surface area contributed by atoms with Gasteiger partial charge in [-0.3, -0.25) is 4.79 Å². The average Bonchev–Trinajstić information content (AvgIpc) is 2.64. The van der Waals surface area contributed by atoms with Gasteiger partial charge in [0.1, 0.15) is 0 Å². The van der Waals surface area contributed by atoms with Crippen molar-refractivity contribution in [2.24, 2.45) is 17.6 Å². The molecule has 0 aromatic rings. The fourth-order valence-electron chi connectivity index (χ4n) is 2.43. The average molecular weight is 199 g/mol. The minimum atomic E-state index is -0.603. The number of carboxylic acids is 1. The zero-order valence-electron chi connectivity index (χ0n) is 8.74. The van der Waals surface area contributed by atoms with Crippen LogP contribution in [0.1, 0.15) is 44.9 Å². The second kappa shape index (κ2) is 6.02. The number of carboxylic acid groups (broad SMARTS) is 1. The Morgan fingerprint density at radius 2 is 2.00 bits per heavy atom. The summed E-state index contributed by atoms with van der Waals surface area (Å²) in [5.41, 5.74) is 5.40. The van der Waals surface area contributed by atoms with Crippen LogP contribution in [-0.4, -0.2) is 17.6 Å². The van der Waals surface area contributed by atoms with Gasteiger partial charge in [-0.2, -0.15) is 0 Å². The predicted octanol–water partition coefficient (Wildman–Crippen LogP) is 2.01. The third-order valence-electron chi connectivity index (χ3n) is 3.26. The van der Waals surface area contributed by atoms with Crippen molar-refractivity contribution < 1.29 is 9.90 Å². The van der Waals surface area contributed by atoms with E-state index in [2.05, 4.69) is 0 Å². The first-order valence-corrected chi connectivity index (χ1v) is 5.68. The van der Waals surface area contributed by atoms with Crippen LogP contribution >= 0.6 is 0 Å². The Morgan fingerprint density at radius 1 is 1.36 bits per heavy atom. The summed E-state index contributed by atoms with van der Waals surface area (Å²) in [5, 5.41) is 9.10. The summed E-state index contributed by atoms with van der Waals surface area (Å²) in [6.45, 7) is 0.678. The lowest BCUT2D eigenvalue weighted by Gasteiger charge is -2.18. The number of hydrogen-bond donors (Lipinski definition) is 2. The zero-order valence-corrected chi connectivity index (χ0v) is 8.74. The van der Waals surface area contributed by atoms with E-state index in [1.165, 1.54) is 12.8 Å². The number of aliphatic carboxylic acids is 1. The van der Waals surface area contributed by atoms with Crippen LogP contribution in [0.3, 0.4) is 0 Å². The lowest BCUT2D eigenvalue weighted by molar-refractivity contribution is -0.144. The standard InChI is InChI=1S/C11H21NO2/c12-8-4-3-7-10(11(13)14)9-5-1-2-6-9/h9-10H,1-8,12H2,(H,13,14). The Labute approximate surface area is 85.7 Å². The first-order valence-electron chi connectivity index (χ1n) is 5.68. The highest BCUT2D eigenvalue weighted by atomic mass is 16.4. The summed E-state index contributed by atoms with van der Waals surface area (Å²) in [6, 6.07) is 0. The molecule has 0 aromatic carbocycles. The molecule has 0 spiro atoms. The molecule has 0 heterocycles. The Kier molecular flexibility index (Phi) is 4.94. The van der Waals surface area contributed by atoms with Crippen LogP contribution in [0.4, 0.5) is 0 Å². The predicted molar refractivity (Wildman–Crippen MR) is 56.0 cm³/mol. The number of carbonyl (C=O) groups is 1. The summed E-state index contributed by atoms with van der Waals surface area (Å²) in [6.07, 6.45) is 7.38. The van der Waals surface area contributed by atoms with Crippen LogP contribution in [0, 0.1) is 11.8 Å². The van der Waals surface area contributed by atoms with Crippen molar-refractivity contribution in [1.29, 1.82) is 0 Å². The lowest BCUT2D eigenvalue weighted by atomic mass is 9.87. The quantitative estimate of drug-likeness (QED) is 0.643. The van der Waals surface area contributed by atoms with Gasteiger partial charge in [0.15, 0.2) is 0 Å². The maximum absolute atomic E-state index is 11.0. The fourth-order valence-corrected chi connectivity index (χ4v) is 2.43. The highest BCUT2D eigenvalue weighted by Gasteiger charge is 2.29. The molecule has 1 rings (SSSR count). The molecule has 3 N–H and O–H groups in total. The summed E-state index contributed by atoms with van der Waals surface area (Å²) in [4.78, 5) is 11.0. The molecule has 0 amide bonds. The smallest absolute Gasteiger partial charge is 0.306 e. The molecular formula is C11H21NO2. The van der Waals surface area contributed by atoms with E-state index in [4.69, 9.17) is 10.8 Å². The molecule has 0 aromatic heterocycles. The minimum Gasteiger partial charge on any atom is -0.481 e. The van der Waals surface area contributed by atoms with Crippen molar-refractivity contribution in [2.45, 2.75) is 44.9 Å². The van der Waals surface area contributed by atoms with Crippen LogP contribution in [0.15, 0.2) is 0 Å². The van der Waals surface area contributed by atoms with Crippen molar-refractivity contribution in [2.75, 3.05) is 6.54 Å². The number of nitrogens with two attached hydrogens (primary N) is 1. The van der Waals surface area contributed by atoms with Crippen molar-refractivity contribution in [3.05, 3.63) is 0 Å². The van der Waals surface area contributed by atoms with E-state index in [1.807, 2.05) is 0 Å². The molecule has 1 aliphatic carbocycles. The molecule has 0 saturated heterocycles. The first-order chi connectivity index (χ1) is 6.75. The van der Waals surface area contributed by atoms with Gasteiger partial charge in [0.05, 0.1) is 5.92 Å². The van der Waals surface area contributed by atoms with Crippen LogP contribution in [-0.2, 0) is 4.79 Å². The minimum absolute atomic E-state index is 0.107. The normalized spacial score (nSPS) is 19.8. The van der Waals surface area contributed by atoms with Crippen LogP contribution < -0.4 is 5.73 Å². The highest BCUT2D eigenvalue weighted by Crippen LogP contribution is 2.34. The first kappa shape index (κ1) is 11.5. The second-order valence-corrected chi connectivity index (χ2v) is 4.27. The largest absolute Gasteiger partial charge is 0.481 e. The summed E-state index contributed by atoms with van der Waals surface area (Å²) in [7, 11) is 0. The third-order valence-corrected chi connectivity index (χ3v) is 3.26. The van der Waals surface area contributed by atoms with Crippen molar-refractivity contribution in [1.82, 2.24) is 0 Å². The van der Waals surface area contributed by atoms with Gasteiger partial charge in [-0.25, -0.2) is 0 Å². The van der Waals surface area contributed by atoms with Gasteiger partial charge in [0.25, 0.3) is 0 Å². The molecule has 0 bridgehead atoms. The third kappa shape index (κ3) is 3.29. The maximum atomic E-state index is 11.0. The molecule has 82 valence electrons. The van der Waals surface area contributed by atoms with Crippen molar-refractivity contribution >= 4 is 5.97 Å². The van der Waals surface area contributed by atoms with Gasteiger partial charge in [-0.1, -0.05) is 19.3 Å². The SMILES string of the molecule is NCCCCC(C(=O)O)C1CCCC1. The lowest BCUT2D eigenvalue weighted by Crippen LogP contribution is -2.22. The molecule has 3 heteroatoms. The van der Waals surface area contributed by atoms with Crippen LogP contribution in [0.2, 0.25) is 0 Å². The molecule has 1 fully saturated rings. The maximum Gasteiger partial charge on any atom is 0.306 e. The Bertz CT molecular complexity index is 176. The topological polar surface area (TPSA) is 63.3 Å². The van der Waals surface area contributed by atoms with E-state index in [0.29, 0.717) is 12.5 Å². The van der Waals surface area contributed by atoms with E-state index in [1.54, 1.807) is 0 Å². The Morgan fingerprint density at radius 3 is 2.50 bits per heavy atom. The van der Waals surface area contributed by atoms with E-state index in [9.17, 15) is 4.79 Å². The number of rotatable bonds is 6. The molecular weight excluding hydrogens is 178 g/mol. The van der Waals surface area contributed by atoms with Gasteiger partial charge < -0.3 is 10.8 Å². The number of unbranched alkanes of at least 4 members (excludes halogenated alkanes) is 1.